The quantitative estimate of drug-likeness (QED) is 0.731. The van der Waals surface area contributed by atoms with Gasteiger partial charge in [-0.1, -0.05) is 0 Å². The molecule has 0 aliphatic carbocycles. The molecule has 6 nitrogen and oxygen atoms in total. The molecular weight excluding hydrogens is 244 g/mol. The van der Waals surface area contributed by atoms with Gasteiger partial charge in [0.15, 0.2) is 0 Å². The number of ether oxygens (including phenoxy) is 1. The highest BCUT2D eigenvalue weighted by Crippen LogP contribution is 2.16. The maximum absolute atomic E-state index is 12.1. The van der Waals surface area contributed by atoms with Crippen LogP contribution in [-0.2, 0) is 19.6 Å². The van der Waals surface area contributed by atoms with Crippen molar-refractivity contribution in [1.29, 1.82) is 0 Å². The Balaban J connectivity index is 1.99. The maximum Gasteiger partial charge on any atom is 0.235 e. The first-order valence-electron chi connectivity index (χ1n) is 5.94. The lowest BCUT2D eigenvalue weighted by Gasteiger charge is -2.20. The van der Waals surface area contributed by atoms with Gasteiger partial charge in [-0.15, -0.1) is 0 Å². The zero-order valence-corrected chi connectivity index (χ0v) is 10.5. The summed E-state index contributed by atoms with van der Waals surface area (Å²) in [5.74, 6) is -0.223. The van der Waals surface area contributed by atoms with E-state index in [0.29, 0.717) is 26.1 Å². The lowest BCUT2D eigenvalue weighted by Crippen LogP contribution is -2.40. The van der Waals surface area contributed by atoms with E-state index < -0.39 is 10.0 Å². The molecule has 2 fully saturated rings. The highest BCUT2D eigenvalue weighted by molar-refractivity contribution is 7.89. The molecule has 0 aromatic rings. The average molecular weight is 262 g/mol. The van der Waals surface area contributed by atoms with E-state index >= 15 is 0 Å². The summed E-state index contributed by atoms with van der Waals surface area (Å²) in [4.78, 5) is 11.3. The number of amides is 1. The Hall–Kier alpha value is -0.660. The molecule has 0 radical (unpaired) electrons. The van der Waals surface area contributed by atoms with E-state index in [0.717, 1.165) is 12.8 Å². The van der Waals surface area contributed by atoms with Crippen molar-refractivity contribution >= 4 is 15.9 Å². The molecule has 2 aliphatic heterocycles. The minimum atomic E-state index is -3.38. The molecular formula is C10H18N2O4S. The first-order valence-corrected chi connectivity index (χ1v) is 7.55. The summed E-state index contributed by atoms with van der Waals surface area (Å²) in [6.07, 6.45) is 2.17. The fourth-order valence-corrected chi connectivity index (χ4v) is 3.80. The predicted octanol–water partition coefficient (Wildman–Crippen LogP) is -0.683. The third-order valence-corrected chi connectivity index (χ3v) is 4.93. The summed E-state index contributed by atoms with van der Waals surface area (Å²) in [7, 11) is -3.38. The first kappa shape index (κ1) is 12.8. The second kappa shape index (κ2) is 5.32. The second-order valence-electron chi connectivity index (χ2n) is 4.45. The number of carbonyl (C=O) groups excluding carboxylic acids is 1. The SMILES string of the molecule is O=C1CN(S(=O)(=O)CC2CCCO2)CCCN1. The van der Waals surface area contributed by atoms with Crippen LogP contribution in [0.25, 0.3) is 0 Å². The molecule has 7 heteroatoms. The molecule has 1 amide bonds. The summed E-state index contributed by atoms with van der Waals surface area (Å²) in [5, 5.41) is 2.66. The van der Waals surface area contributed by atoms with Crippen LogP contribution in [-0.4, -0.2) is 56.7 Å². The largest absolute Gasteiger partial charge is 0.377 e. The number of hydrogen-bond acceptors (Lipinski definition) is 4. The molecule has 0 saturated carbocycles. The van der Waals surface area contributed by atoms with Gasteiger partial charge in [0.25, 0.3) is 0 Å². The van der Waals surface area contributed by atoms with Crippen LogP contribution in [0.15, 0.2) is 0 Å². The molecule has 98 valence electrons. The minimum Gasteiger partial charge on any atom is -0.377 e. The van der Waals surface area contributed by atoms with E-state index in [1.54, 1.807) is 0 Å². The lowest BCUT2D eigenvalue weighted by atomic mass is 10.3. The van der Waals surface area contributed by atoms with E-state index in [4.69, 9.17) is 4.74 Å². The molecule has 0 spiro atoms. The molecule has 0 aromatic carbocycles. The van der Waals surface area contributed by atoms with Gasteiger partial charge < -0.3 is 10.1 Å². The fraction of sp³-hybridized carbons (Fsp3) is 0.900. The first-order chi connectivity index (χ1) is 8.08. The Bertz CT molecular complexity index is 376. The monoisotopic (exact) mass is 262 g/mol. The molecule has 1 atom stereocenters. The van der Waals surface area contributed by atoms with Crippen LogP contribution in [0.5, 0.6) is 0 Å². The second-order valence-corrected chi connectivity index (χ2v) is 6.46. The predicted molar refractivity (Wildman–Crippen MR) is 62.0 cm³/mol. The Morgan fingerprint density at radius 2 is 2.24 bits per heavy atom. The van der Waals surface area contributed by atoms with Gasteiger partial charge in [0.05, 0.1) is 18.4 Å². The van der Waals surface area contributed by atoms with Gasteiger partial charge >= 0.3 is 0 Å². The summed E-state index contributed by atoms with van der Waals surface area (Å²) < 4.78 is 30.8. The van der Waals surface area contributed by atoms with Crippen molar-refractivity contribution in [3.63, 3.8) is 0 Å². The van der Waals surface area contributed by atoms with Crippen molar-refractivity contribution in [1.82, 2.24) is 9.62 Å². The van der Waals surface area contributed by atoms with Gasteiger partial charge in [0.1, 0.15) is 0 Å². The number of sulfonamides is 1. The summed E-state index contributed by atoms with van der Waals surface area (Å²) in [5.41, 5.74) is 0. The van der Waals surface area contributed by atoms with Gasteiger partial charge in [-0.25, -0.2) is 8.42 Å². The highest BCUT2D eigenvalue weighted by atomic mass is 32.2. The maximum atomic E-state index is 12.1. The van der Waals surface area contributed by atoms with E-state index in [2.05, 4.69) is 5.32 Å². The van der Waals surface area contributed by atoms with Crippen LogP contribution < -0.4 is 5.32 Å². The third kappa shape index (κ3) is 3.40. The van der Waals surface area contributed by atoms with Gasteiger partial charge in [-0.05, 0) is 19.3 Å². The van der Waals surface area contributed by atoms with Gasteiger partial charge in [-0.2, -0.15) is 4.31 Å². The highest BCUT2D eigenvalue weighted by Gasteiger charge is 2.30. The molecule has 0 aromatic heterocycles. The Kier molecular flexibility index (Phi) is 4.01. The van der Waals surface area contributed by atoms with Crippen molar-refractivity contribution in [3.8, 4) is 0 Å². The van der Waals surface area contributed by atoms with Crippen molar-refractivity contribution in [2.45, 2.75) is 25.4 Å². The van der Waals surface area contributed by atoms with Crippen molar-refractivity contribution in [3.05, 3.63) is 0 Å². The summed E-state index contributed by atoms with van der Waals surface area (Å²) >= 11 is 0. The molecule has 1 unspecified atom stereocenters. The van der Waals surface area contributed by atoms with Gasteiger partial charge in [0, 0.05) is 19.7 Å². The third-order valence-electron chi connectivity index (χ3n) is 3.04. The van der Waals surface area contributed by atoms with Crippen molar-refractivity contribution in [2.24, 2.45) is 0 Å². The number of nitrogens with one attached hydrogen (secondary N) is 1. The van der Waals surface area contributed by atoms with Crippen molar-refractivity contribution < 1.29 is 17.9 Å². The van der Waals surface area contributed by atoms with E-state index in [1.807, 2.05) is 0 Å². The van der Waals surface area contributed by atoms with E-state index in [1.165, 1.54) is 4.31 Å². The van der Waals surface area contributed by atoms with Gasteiger partial charge in [-0.3, -0.25) is 4.79 Å². The molecule has 2 heterocycles. The number of hydrogen-bond donors (Lipinski definition) is 1. The number of carbonyl (C=O) groups is 1. The molecule has 17 heavy (non-hydrogen) atoms. The standard InChI is InChI=1S/C10H18N2O4S/c13-10-7-12(5-2-4-11-10)17(14,15)8-9-3-1-6-16-9/h9H,1-8H2,(H,11,13). The zero-order chi connectivity index (χ0) is 12.3. The number of rotatable bonds is 3. The van der Waals surface area contributed by atoms with Crippen LogP contribution in [0.3, 0.4) is 0 Å². The van der Waals surface area contributed by atoms with Crippen LogP contribution in [0.2, 0.25) is 0 Å². The molecule has 1 N–H and O–H groups in total. The molecule has 2 aliphatic rings. The minimum absolute atomic E-state index is 0.000278. The normalized spacial score (nSPS) is 27.8. The lowest BCUT2D eigenvalue weighted by molar-refractivity contribution is -0.120. The van der Waals surface area contributed by atoms with Crippen LogP contribution in [0.1, 0.15) is 19.3 Å². The number of nitrogens with zero attached hydrogens (tertiary/aromatic N) is 1. The topological polar surface area (TPSA) is 75.7 Å². The van der Waals surface area contributed by atoms with Crippen molar-refractivity contribution in [2.75, 3.05) is 32.0 Å². The van der Waals surface area contributed by atoms with Crippen LogP contribution in [0, 0.1) is 0 Å². The summed E-state index contributed by atoms with van der Waals surface area (Å²) in [6.45, 7) is 1.54. The van der Waals surface area contributed by atoms with E-state index in [9.17, 15) is 13.2 Å². The Morgan fingerprint density at radius 3 is 2.94 bits per heavy atom. The summed E-state index contributed by atoms with van der Waals surface area (Å²) in [6, 6.07) is 0. The van der Waals surface area contributed by atoms with E-state index in [-0.39, 0.29) is 24.3 Å². The van der Waals surface area contributed by atoms with Crippen LogP contribution >= 0.6 is 0 Å². The Morgan fingerprint density at radius 1 is 1.41 bits per heavy atom. The molecule has 2 saturated heterocycles. The van der Waals surface area contributed by atoms with Crippen LogP contribution in [0.4, 0.5) is 0 Å². The fourth-order valence-electron chi connectivity index (χ4n) is 2.13. The Labute approximate surface area is 101 Å². The smallest absolute Gasteiger partial charge is 0.235 e. The van der Waals surface area contributed by atoms with Gasteiger partial charge in [0.2, 0.25) is 15.9 Å². The zero-order valence-electron chi connectivity index (χ0n) is 9.72. The molecule has 0 bridgehead atoms. The molecule has 2 rings (SSSR count). The average Bonchev–Trinajstić information content (AvgIpc) is 2.64.